The summed E-state index contributed by atoms with van der Waals surface area (Å²) in [5.74, 6) is 0.224. The van der Waals surface area contributed by atoms with Crippen LogP contribution in [0.2, 0.25) is 0 Å². The van der Waals surface area contributed by atoms with Gasteiger partial charge in [0.05, 0.1) is 34.9 Å². The fourth-order valence-electron chi connectivity index (χ4n) is 4.86. The first kappa shape index (κ1) is 26.0. The summed E-state index contributed by atoms with van der Waals surface area (Å²) >= 11 is 0. The molecule has 0 aliphatic carbocycles. The Bertz CT molecular complexity index is 2010. The summed E-state index contributed by atoms with van der Waals surface area (Å²) in [4.78, 5) is 9.34. The lowest BCUT2D eigenvalue weighted by molar-refractivity contribution is 0.590. The third-order valence-electron chi connectivity index (χ3n) is 6.93. The van der Waals surface area contributed by atoms with Gasteiger partial charge in [0.1, 0.15) is 4.90 Å². The molecule has 0 atom stereocenters. The maximum atomic E-state index is 14.2. The first-order valence-corrected chi connectivity index (χ1v) is 14.3. The molecule has 0 amide bonds. The van der Waals surface area contributed by atoms with Crippen LogP contribution in [-0.2, 0) is 29.4 Å². The lowest BCUT2D eigenvalue weighted by atomic mass is 10.0. The molecule has 1 N–H and O–H groups in total. The van der Waals surface area contributed by atoms with Crippen molar-refractivity contribution in [2.45, 2.75) is 31.2 Å². The van der Waals surface area contributed by atoms with E-state index in [9.17, 15) is 8.42 Å². The van der Waals surface area contributed by atoms with Gasteiger partial charge in [0.25, 0.3) is 10.0 Å². The van der Waals surface area contributed by atoms with Gasteiger partial charge in [0.2, 0.25) is 0 Å². The average molecular weight is 561 g/mol. The number of pyridine rings is 2. The average Bonchev–Trinajstić information content (AvgIpc) is 3.52. The quantitative estimate of drug-likeness (QED) is 0.283. The van der Waals surface area contributed by atoms with Crippen LogP contribution >= 0.6 is 0 Å². The van der Waals surface area contributed by atoms with Crippen LogP contribution in [0.15, 0.2) is 90.0 Å². The highest BCUT2D eigenvalue weighted by molar-refractivity contribution is 7.93. The third kappa shape index (κ3) is 5.20. The zero-order valence-electron chi connectivity index (χ0n) is 22.1. The monoisotopic (exact) mass is 560 g/mol. The summed E-state index contributed by atoms with van der Waals surface area (Å²) in [6.45, 7) is 1.88. The minimum atomic E-state index is -4.10. The number of aromatic nitrogens is 6. The third-order valence-corrected chi connectivity index (χ3v) is 8.74. The van der Waals surface area contributed by atoms with Gasteiger partial charge in [-0.05, 0) is 73.4 Å². The van der Waals surface area contributed by atoms with E-state index in [0.29, 0.717) is 28.7 Å². The van der Waals surface area contributed by atoms with E-state index in [1.165, 1.54) is 4.31 Å². The van der Waals surface area contributed by atoms with Gasteiger partial charge in [-0.1, -0.05) is 41.6 Å². The highest BCUT2D eigenvalue weighted by Gasteiger charge is 2.29. The first-order valence-electron chi connectivity index (χ1n) is 12.9. The van der Waals surface area contributed by atoms with E-state index in [4.69, 9.17) is 10.2 Å². The van der Waals surface area contributed by atoms with Crippen LogP contribution < -0.4 is 4.31 Å². The SMILES string of the molecule is Cc1cc(CCc2ccc(C#N)cc2)nc2cc(N(Cc3nn[nH]n3)S(=O)(=O)c3cccc4cccnc34)ccc12. The Morgan fingerprint density at radius 3 is 2.59 bits per heavy atom. The van der Waals surface area contributed by atoms with Gasteiger partial charge in [0.15, 0.2) is 5.82 Å². The Morgan fingerprint density at radius 2 is 1.80 bits per heavy atom. The molecule has 3 aromatic heterocycles. The summed E-state index contributed by atoms with van der Waals surface area (Å²) in [7, 11) is -4.10. The Hall–Kier alpha value is -5.21. The van der Waals surface area contributed by atoms with Crippen LogP contribution in [-0.4, -0.2) is 39.0 Å². The summed E-state index contributed by atoms with van der Waals surface area (Å²) in [6, 6.07) is 25.8. The number of nitriles is 1. The van der Waals surface area contributed by atoms with Gasteiger partial charge in [-0.15, -0.1) is 10.2 Å². The molecule has 6 aromatic rings. The number of hydrogen-bond acceptors (Lipinski definition) is 8. The molecule has 11 heteroatoms. The van der Waals surface area contributed by atoms with E-state index in [2.05, 4.69) is 37.7 Å². The molecule has 3 heterocycles. The first-order chi connectivity index (χ1) is 19.9. The molecule has 0 saturated carbocycles. The molecule has 0 saturated heterocycles. The van der Waals surface area contributed by atoms with Crippen molar-refractivity contribution in [3.63, 3.8) is 0 Å². The fourth-order valence-corrected chi connectivity index (χ4v) is 6.44. The van der Waals surface area contributed by atoms with E-state index >= 15 is 0 Å². The van der Waals surface area contributed by atoms with Gasteiger partial charge in [-0.3, -0.25) is 14.3 Å². The number of H-pyrrole nitrogens is 1. The molecule has 0 bridgehead atoms. The van der Waals surface area contributed by atoms with Gasteiger partial charge in [0, 0.05) is 22.7 Å². The number of nitrogens with one attached hydrogen (secondary N) is 1. The summed E-state index contributed by atoms with van der Waals surface area (Å²) < 4.78 is 29.7. The second-order valence-electron chi connectivity index (χ2n) is 9.61. The second-order valence-corrected chi connectivity index (χ2v) is 11.4. The van der Waals surface area contributed by atoms with Crippen molar-refractivity contribution >= 4 is 37.5 Å². The summed E-state index contributed by atoms with van der Waals surface area (Å²) in [6.07, 6.45) is 3.03. The zero-order chi connectivity index (χ0) is 28.4. The molecule has 0 aliphatic heterocycles. The number of para-hydroxylation sites is 1. The number of benzene rings is 3. The highest BCUT2D eigenvalue weighted by Crippen LogP contribution is 2.31. The van der Waals surface area contributed by atoms with Crippen LogP contribution in [0.25, 0.3) is 21.8 Å². The van der Waals surface area contributed by atoms with Crippen molar-refractivity contribution in [2.24, 2.45) is 0 Å². The van der Waals surface area contributed by atoms with E-state index in [1.54, 1.807) is 36.5 Å². The minimum absolute atomic E-state index is 0.0829. The number of aromatic amines is 1. The second kappa shape index (κ2) is 10.7. The standard InChI is InChI=1S/C30H24N8O2S/c1-20-16-24(12-11-21-7-9-22(18-31)10-8-21)33-27-17-25(13-14-26(20)27)38(19-29-34-36-37-35-29)41(39,40)28-6-2-4-23-5-3-15-32-30(23)28/h2-10,13-17H,11-12,19H2,1H3,(H,34,35,36,37). The highest BCUT2D eigenvalue weighted by atomic mass is 32.2. The summed E-state index contributed by atoms with van der Waals surface area (Å²) in [5.41, 5.74) is 5.16. The van der Waals surface area contributed by atoms with E-state index in [0.717, 1.165) is 34.0 Å². The molecular formula is C30H24N8O2S. The molecule has 6 rings (SSSR count). The predicted molar refractivity (Wildman–Crippen MR) is 154 cm³/mol. The molecule has 0 unspecified atom stereocenters. The minimum Gasteiger partial charge on any atom is -0.258 e. The number of rotatable bonds is 8. The molecule has 0 fully saturated rings. The Labute approximate surface area is 236 Å². The molecule has 41 heavy (non-hydrogen) atoms. The zero-order valence-corrected chi connectivity index (χ0v) is 22.9. The molecule has 3 aromatic carbocycles. The van der Waals surface area contributed by atoms with E-state index in [-0.39, 0.29) is 17.3 Å². The van der Waals surface area contributed by atoms with E-state index in [1.807, 2.05) is 49.4 Å². The molecule has 0 spiro atoms. The van der Waals surface area contributed by atoms with Crippen molar-refractivity contribution in [3.8, 4) is 6.07 Å². The van der Waals surface area contributed by atoms with Crippen molar-refractivity contribution in [1.82, 2.24) is 30.6 Å². The lowest BCUT2D eigenvalue weighted by Gasteiger charge is -2.24. The Morgan fingerprint density at radius 1 is 0.976 bits per heavy atom. The maximum Gasteiger partial charge on any atom is 0.266 e. The normalized spacial score (nSPS) is 11.5. The lowest BCUT2D eigenvalue weighted by Crippen LogP contribution is -2.31. The number of fused-ring (bicyclic) bond motifs is 2. The van der Waals surface area contributed by atoms with Crippen LogP contribution in [0, 0.1) is 18.3 Å². The topological polar surface area (TPSA) is 141 Å². The maximum absolute atomic E-state index is 14.2. The molecule has 0 aliphatic rings. The molecule has 10 nitrogen and oxygen atoms in total. The van der Waals surface area contributed by atoms with Crippen molar-refractivity contribution in [1.29, 1.82) is 5.26 Å². The summed E-state index contributed by atoms with van der Waals surface area (Å²) in [5, 5.41) is 24.7. The van der Waals surface area contributed by atoms with Crippen LogP contribution in [0.4, 0.5) is 5.69 Å². The van der Waals surface area contributed by atoms with Crippen molar-refractivity contribution < 1.29 is 8.42 Å². The number of aryl methyl sites for hydroxylation is 3. The van der Waals surface area contributed by atoms with Crippen LogP contribution in [0.1, 0.15) is 28.2 Å². The largest absolute Gasteiger partial charge is 0.266 e. The fraction of sp³-hybridized carbons (Fsp3) is 0.133. The van der Waals surface area contributed by atoms with E-state index < -0.39 is 10.0 Å². The van der Waals surface area contributed by atoms with Gasteiger partial charge < -0.3 is 0 Å². The molecular weight excluding hydrogens is 536 g/mol. The Balaban J connectivity index is 1.40. The van der Waals surface area contributed by atoms with Gasteiger partial charge in [-0.25, -0.2) is 8.42 Å². The van der Waals surface area contributed by atoms with Crippen LogP contribution in [0.3, 0.4) is 0 Å². The van der Waals surface area contributed by atoms with Gasteiger partial charge >= 0.3 is 0 Å². The smallest absolute Gasteiger partial charge is 0.258 e. The van der Waals surface area contributed by atoms with Crippen molar-refractivity contribution in [3.05, 3.63) is 113 Å². The number of anilines is 1. The van der Waals surface area contributed by atoms with Crippen LogP contribution in [0.5, 0.6) is 0 Å². The number of nitrogens with zero attached hydrogens (tertiary/aromatic N) is 7. The number of sulfonamides is 1. The van der Waals surface area contributed by atoms with Gasteiger partial charge in [-0.2, -0.15) is 10.5 Å². The predicted octanol–water partition coefficient (Wildman–Crippen LogP) is 4.66. The Kier molecular flexibility index (Phi) is 6.83. The van der Waals surface area contributed by atoms with Crippen molar-refractivity contribution in [2.75, 3.05) is 4.31 Å². The number of hydrogen-bond donors (Lipinski definition) is 1. The number of tetrazole rings is 1. The molecule has 202 valence electrons. The molecule has 0 radical (unpaired) electrons.